The second-order valence-corrected chi connectivity index (χ2v) is 2.48. The van der Waals surface area contributed by atoms with Crippen LogP contribution in [0.3, 0.4) is 0 Å². The quantitative estimate of drug-likeness (QED) is 0.685. The molecule has 1 heterocycles. The number of hydrogen-bond acceptors (Lipinski definition) is 3. The lowest BCUT2D eigenvalue weighted by Crippen LogP contribution is -1.85. The minimum Gasteiger partial charge on any atom is -0.348 e. The second kappa shape index (κ2) is 3.51. The Morgan fingerprint density at radius 1 is 1.70 bits per heavy atom. The molecule has 1 rings (SSSR count). The van der Waals surface area contributed by atoms with E-state index in [4.69, 9.17) is 4.52 Å². The minimum absolute atomic E-state index is 0.297. The molecule has 1 aromatic heterocycles. The maximum atomic E-state index is 4.74. The Kier molecular flexibility index (Phi) is 2.62. The molecule has 0 atom stereocenters. The highest BCUT2D eigenvalue weighted by molar-refractivity contribution is 7.71. The van der Waals surface area contributed by atoms with Gasteiger partial charge in [0.1, 0.15) is 5.82 Å². The van der Waals surface area contributed by atoms with Gasteiger partial charge in [0.05, 0.1) is 0 Å². The van der Waals surface area contributed by atoms with Crippen molar-refractivity contribution in [1.82, 2.24) is 10.1 Å². The third kappa shape index (κ3) is 1.95. The van der Waals surface area contributed by atoms with E-state index in [1.807, 2.05) is 0 Å². The summed E-state index contributed by atoms with van der Waals surface area (Å²) in [4.78, 5) is 4.24. The maximum Gasteiger partial charge on any atom is 0.314 e. The first kappa shape index (κ1) is 7.47. The largest absolute Gasteiger partial charge is 0.348 e. The van der Waals surface area contributed by atoms with Crippen LogP contribution in [0.5, 0.6) is 0 Å². The molecule has 1 aromatic rings. The molecule has 0 unspecified atom stereocenters. The molecule has 0 aliphatic carbocycles. The summed E-state index contributed by atoms with van der Waals surface area (Å²) in [6, 6.07) is 0. The first-order valence-corrected chi connectivity index (χ1v) is 3.78. The second-order valence-electron chi connectivity index (χ2n) is 2.13. The third-order valence-corrected chi connectivity index (χ3v) is 1.42. The van der Waals surface area contributed by atoms with Crippen molar-refractivity contribution in [3.05, 3.63) is 10.7 Å². The van der Waals surface area contributed by atoms with Crippen LogP contribution >= 0.6 is 12.2 Å². The standard InChI is InChI=1S/C6H10N2OS/c1-2-3-4-5-7-6(10)9-8-5/h2-4H2,1H3,(H,7,8,10). The summed E-state index contributed by atoms with van der Waals surface area (Å²) in [6.45, 7) is 2.13. The van der Waals surface area contributed by atoms with E-state index in [0.29, 0.717) is 4.84 Å². The van der Waals surface area contributed by atoms with Gasteiger partial charge < -0.3 is 4.52 Å². The molecule has 0 saturated carbocycles. The van der Waals surface area contributed by atoms with Crippen LogP contribution in [0.15, 0.2) is 4.52 Å². The molecule has 0 aromatic carbocycles. The van der Waals surface area contributed by atoms with E-state index in [-0.39, 0.29) is 0 Å². The van der Waals surface area contributed by atoms with Crippen molar-refractivity contribution in [1.29, 1.82) is 0 Å². The van der Waals surface area contributed by atoms with Crippen LogP contribution < -0.4 is 0 Å². The fourth-order valence-electron chi connectivity index (χ4n) is 0.710. The van der Waals surface area contributed by atoms with Gasteiger partial charge in [0, 0.05) is 6.42 Å². The molecule has 4 heteroatoms. The van der Waals surface area contributed by atoms with Crippen LogP contribution in [-0.2, 0) is 6.42 Å². The maximum absolute atomic E-state index is 4.74. The number of nitrogens with zero attached hydrogens (tertiary/aromatic N) is 1. The van der Waals surface area contributed by atoms with E-state index < -0.39 is 0 Å². The van der Waals surface area contributed by atoms with Crippen molar-refractivity contribution >= 4 is 12.2 Å². The van der Waals surface area contributed by atoms with Crippen LogP contribution in [-0.4, -0.2) is 10.1 Å². The van der Waals surface area contributed by atoms with Gasteiger partial charge in [-0.25, -0.2) is 5.16 Å². The number of nitrogens with one attached hydrogen (secondary N) is 1. The summed E-state index contributed by atoms with van der Waals surface area (Å²) in [6.07, 6.45) is 3.21. The van der Waals surface area contributed by atoms with Gasteiger partial charge in [-0.15, -0.1) is 0 Å². The summed E-state index contributed by atoms with van der Waals surface area (Å²) in [7, 11) is 0. The van der Waals surface area contributed by atoms with E-state index in [0.717, 1.165) is 25.1 Å². The average Bonchev–Trinajstić information content (AvgIpc) is 2.31. The number of aryl methyl sites for hydroxylation is 1. The van der Waals surface area contributed by atoms with E-state index in [1.165, 1.54) is 0 Å². The van der Waals surface area contributed by atoms with Crippen LogP contribution in [0, 0.1) is 4.84 Å². The molecule has 0 amide bonds. The Morgan fingerprint density at radius 3 is 3.00 bits per heavy atom. The van der Waals surface area contributed by atoms with E-state index in [9.17, 15) is 0 Å². The van der Waals surface area contributed by atoms with Gasteiger partial charge in [0.25, 0.3) is 0 Å². The van der Waals surface area contributed by atoms with Gasteiger partial charge in [-0.1, -0.05) is 13.3 Å². The topological polar surface area (TPSA) is 41.8 Å². The van der Waals surface area contributed by atoms with Gasteiger partial charge in [0.15, 0.2) is 0 Å². The fraction of sp³-hybridized carbons (Fsp3) is 0.667. The third-order valence-electron chi connectivity index (χ3n) is 1.25. The summed E-state index contributed by atoms with van der Waals surface area (Å²) in [5.41, 5.74) is 0. The molecular weight excluding hydrogens is 148 g/mol. The van der Waals surface area contributed by atoms with Crippen molar-refractivity contribution in [2.75, 3.05) is 0 Å². The molecule has 0 fully saturated rings. The SMILES string of the molecule is CCCCc1nc(=S)o[nH]1. The molecule has 0 spiro atoms. The van der Waals surface area contributed by atoms with Crippen molar-refractivity contribution in [2.24, 2.45) is 0 Å². The minimum atomic E-state index is 0.297. The monoisotopic (exact) mass is 158 g/mol. The summed E-state index contributed by atoms with van der Waals surface area (Å²) in [5.74, 6) is 0.854. The summed E-state index contributed by atoms with van der Waals surface area (Å²) in [5, 5.41) is 2.65. The van der Waals surface area contributed by atoms with Crippen molar-refractivity contribution in [3.63, 3.8) is 0 Å². The zero-order valence-electron chi connectivity index (χ0n) is 5.89. The fourth-order valence-corrected chi connectivity index (χ4v) is 0.861. The lowest BCUT2D eigenvalue weighted by atomic mass is 10.2. The molecule has 10 heavy (non-hydrogen) atoms. The van der Waals surface area contributed by atoms with Crippen molar-refractivity contribution in [3.8, 4) is 0 Å². The van der Waals surface area contributed by atoms with E-state index >= 15 is 0 Å². The Labute approximate surface area is 64.4 Å². The molecular formula is C6H10N2OS. The first-order valence-electron chi connectivity index (χ1n) is 3.37. The van der Waals surface area contributed by atoms with Crippen molar-refractivity contribution in [2.45, 2.75) is 26.2 Å². The zero-order chi connectivity index (χ0) is 7.40. The highest BCUT2D eigenvalue weighted by atomic mass is 32.1. The van der Waals surface area contributed by atoms with Gasteiger partial charge in [-0.2, -0.15) is 4.98 Å². The Hall–Kier alpha value is -0.640. The zero-order valence-corrected chi connectivity index (χ0v) is 6.70. The predicted octanol–water partition coefficient (Wildman–Crippen LogP) is 2.07. The van der Waals surface area contributed by atoms with Crippen LogP contribution in [0.1, 0.15) is 25.6 Å². The summed E-state index contributed by atoms with van der Waals surface area (Å²) >= 11 is 4.67. The smallest absolute Gasteiger partial charge is 0.314 e. The Bertz CT molecular complexity index is 240. The lowest BCUT2D eigenvalue weighted by molar-refractivity contribution is 0.397. The number of rotatable bonds is 3. The number of aromatic amines is 1. The van der Waals surface area contributed by atoms with Crippen LogP contribution in [0.25, 0.3) is 0 Å². The highest BCUT2D eigenvalue weighted by Gasteiger charge is 1.94. The lowest BCUT2D eigenvalue weighted by Gasteiger charge is -1.88. The molecule has 56 valence electrons. The Morgan fingerprint density at radius 2 is 2.50 bits per heavy atom. The van der Waals surface area contributed by atoms with Gasteiger partial charge >= 0.3 is 4.84 Å². The summed E-state index contributed by atoms with van der Waals surface area (Å²) < 4.78 is 4.74. The normalized spacial score (nSPS) is 10.1. The van der Waals surface area contributed by atoms with Crippen molar-refractivity contribution < 1.29 is 4.52 Å². The molecule has 3 nitrogen and oxygen atoms in total. The van der Waals surface area contributed by atoms with Crippen LogP contribution in [0.4, 0.5) is 0 Å². The predicted molar refractivity (Wildman–Crippen MR) is 40.3 cm³/mol. The number of hydrogen-bond donors (Lipinski definition) is 1. The number of aromatic nitrogens is 2. The average molecular weight is 158 g/mol. The van der Waals surface area contributed by atoms with E-state index in [2.05, 4.69) is 29.3 Å². The van der Waals surface area contributed by atoms with E-state index in [1.54, 1.807) is 0 Å². The highest BCUT2D eigenvalue weighted by Crippen LogP contribution is 1.98. The first-order chi connectivity index (χ1) is 4.83. The molecule has 0 bridgehead atoms. The van der Waals surface area contributed by atoms with Crippen LogP contribution in [0.2, 0.25) is 0 Å². The molecule has 0 aliphatic rings. The molecule has 0 saturated heterocycles. The molecule has 1 N–H and O–H groups in total. The molecule has 0 radical (unpaired) electrons. The van der Waals surface area contributed by atoms with Gasteiger partial charge in [-0.3, -0.25) is 0 Å². The van der Waals surface area contributed by atoms with Gasteiger partial charge in [0.2, 0.25) is 0 Å². The number of H-pyrrole nitrogens is 1. The number of unbranched alkanes of at least 4 members (excludes halogenated alkanes) is 1. The molecule has 0 aliphatic heterocycles. The van der Waals surface area contributed by atoms with Gasteiger partial charge in [-0.05, 0) is 18.6 Å². The Balaban J connectivity index is 2.50.